The quantitative estimate of drug-likeness (QED) is 0.647. The van der Waals surface area contributed by atoms with E-state index < -0.39 is 0 Å². The summed E-state index contributed by atoms with van der Waals surface area (Å²) in [7, 11) is 0. The second-order valence-corrected chi connectivity index (χ2v) is 5.31. The van der Waals surface area contributed by atoms with Crippen molar-refractivity contribution in [2.24, 2.45) is 0 Å². The van der Waals surface area contributed by atoms with Gasteiger partial charge in [-0.3, -0.25) is 5.10 Å². The highest BCUT2D eigenvalue weighted by molar-refractivity contribution is 5.81. The van der Waals surface area contributed by atoms with Gasteiger partial charge in [-0.2, -0.15) is 0 Å². The number of phenols is 1. The molecule has 112 valence electrons. The molecule has 0 fully saturated rings. The van der Waals surface area contributed by atoms with Gasteiger partial charge in [0.05, 0.1) is 5.69 Å². The van der Waals surface area contributed by atoms with Crippen molar-refractivity contribution in [1.29, 1.82) is 0 Å². The number of phenolic OH excluding ortho intramolecular Hbond substituents is 1. The van der Waals surface area contributed by atoms with Gasteiger partial charge in [0.15, 0.2) is 0 Å². The molecule has 0 spiro atoms. The molecular formula is C17H18N4O. The Hall–Kier alpha value is -2.82. The predicted octanol–water partition coefficient (Wildman–Crippen LogP) is 3.30. The molecule has 0 aliphatic heterocycles. The number of aromatic nitrogens is 3. The van der Waals surface area contributed by atoms with E-state index in [4.69, 9.17) is 5.73 Å². The standard InChI is InChI=1S/C17H18N4O/c1-3-11-9-14(15(22)8-10(11)2)17-16(19-21-20-17)12-4-6-13(18)7-5-12/h4-9,22H,3,18H2,1-2H3,(H,19,20,21). The Morgan fingerprint density at radius 3 is 2.59 bits per heavy atom. The molecule has 0 atom stereocenters. The fraction of sp³-hybridized carbons (Fsp3) is 0.176. The number of anilines is 1. The van der Waals surface area contributed by atoms with Crippen molar-refractivity contribution in [1.82, 2.24) is 15.4 Å². The average molecular weight is 294 g/mol. The van der Waals surface area contributed by atoms with Gasteiger partial charge in [-0.1, -0.05) is 24.3 Å². The van der Waals surface area contributed by atoms with Crippen LogP contribution in [-0.2, 0) is 6.42 Å². The van der Waals surface area contributed by atoms with E-state index in [9.17, 15) is 5.11 Å². The minimum absolute atomic E-state index is 0.209. The molecule has 0 unspecified atom stereocenters. The number of nitrogens with one attached hydrogen (secondary N) is 1. The lowest BCUT2D eigenvalue weighted by Crippen LogP contribution is -1.91. The molecule has 2 aromatic carbocycles. The van der Waals surface area contributed by atoms with E-state index in [1.54, 1.807) is 6.07 Å². The third-order valence-electron chi connectivity index (χ3n) is 3.84. The van der Waals surface area contributed by atoms with Gasteiger partial charge in [0.1, 0.15) is 11.4 Å². The number of H-pyrrole nitrogens is 1. The number of nitrogens with zero attached hydrogens (tertiary/aromatic N) is 2. The van der Waals surface area contributed by atoms with Gasteiger partial charge in [-0.05, 0) is 48.7 Å². The number of nitrogen functional groups attached to an aromatic ring is 1. The van der Waals surface area contributed by atoms with E-state index in [0.29, 0.717) is 16.9 Å². The largest absolute Gasteiger partial charge is 0.507 e. The van der Waals surface area contributed by atoms with E-state index in [2.05, 4.69) is 22.3 Å². The SMILES string of the molecule is CCc1cc(-c2nn[nH]c2-c2ccc(N)cc2)c(O)cc1C. The minimum Gasteiger partial charge on any atom is -0.507 e. The summed E-state index contributed by atoms with van der Waals surface area (Å²) in [5, 5.41) is 21.3. The number of hydrogen-bond acceptors (Lipinski definition) is 4. The summed E-state index contributed by atoms with van der Waals surface area (Å²) in [5.41, 5.74) is 11.7. The van der Waals surface area contributed by atoms with Crippen LogP contribution in [0.25, 0.3) is 22.5 Å². The molecule has 0 amide bonds. The maximum Gasteiger partial charge on any atom is 0.125 e. The number of aromatic hydroxyl groups is 1. The molecule has 0 aliphatic carbocycles. The van der Waals surface area contributed by atoms with Gasteiger partial charge >= 0.3 is 0 Å². The molecule has 4 N–H and O–H groups in total. The zero-order chi connectivity index (χ0) is 15.7. The number of benzene rings is 2. The summed E-state index contributed by atoms with van der Waals surface area (Å²) in [4.78, 5) is 0. The molecule has 0 saturated heterocycles. The van der Waals surface area contributed by atoms with Crippen molar-refractivity contribution in [3.8, 4) is 28.3 Å². The topological polar surface area (TPSA) is 87.8 Å². The third-order valence-corrected chi connectivity index (χ3v) is 3.84. The number of rotatable bonds is 3. The third kappa shape index (κ3) is 2.41. The minimum atomic E-state index is 0.209. The monoisotopic (exact) mass is 294 g/mol. The van der Waals surface area contributed by atoms with Crippen LogP contribution in [0.2, 0.25) is 0 Å². The first-order valence-corrected chi connectivity index (χ1v) is 7.20. The molecule has 0 saturated carbocycles. The summed E-state index contributed by atoms with van der Waals surface area (Å²) in [6.07, 6.45) is 0.897. The zero-order valence-electron chi connectivity index (χ0n) is 12.6. The molecule has 0 aliphatic rings. The van der Waals surface area contributed by atoms with Crippen molar-refractivity contribution in [3.63, 3.8) is 0 Å². The Morgan fingerprint density at radius 2 is 1.91 bits per heavy atom. The lowest BCUT2D eigenvalue weighted by Gasteiger charge is -2.09. The van der Waals surface area contributed by atoms with Gasteiger partial charge in [0.25, 0.3) is 0 Å². The Balaban J connectivity index is 2.15. The lowest BCUT2D eigenvalue weighted by atomic mass is 9.98. The van der Waals surface area contributed by atoms with Crippen molar-refractivity contribution in [2.75, 3.05) is 5.73 Å². The fourth-order valence-corrected chi connectivity index (χ4v) is 2.58. The molecule has 3 rings (SSSR count). The second kappa shape index (κ2) is 5.52. The molecule has 5 heteroatoms. The van der Waals surface area contributed by atoms with Crippen molar-refractivity contribution in [3.05, 3.63) is 47.5 Å². The van der Waals surface area contributed by atoms with Gasteiger partial charge in [-0.15, -0.1) is 5.10 Å². The summed E-state index contributed by atoms with van der Waals surface area (Å²) < 4.78 is 0. The first-order chi connectivity index (χ1) is 10.6. The van der Waals surface area contributed by atoms with Crippen LogP contribution in [0.1, 0.15) is 18.1 Å². The van der Waals surface area contributed by atoms with Gasteiger partial charge in [-0.25, -0.2) is 0 Å². The fourth-order valence-electron chi connectivity index (χ4n) is 2.58. The summed E-state index contributed by atoms with van der Waals surface area (Å²) in [5.74, 6) is 0.209. The smallest absolute Gasteiger partial charge is 0.125 e. The van der Waals surface area contributed by atoms with E-state index in [-0.39, 0.29) is 5.75 Å². The average Bonchev–Trinajstić information content (AvgIpc) is 2.97. The molecule has 0 radical (unpaired) electrons. The number of aryl methyl sites for hydroxylation is 2. The molecule has 3 aromatic rings. The van der Waals surface area contributed by atoms with Crippen LogP contribution in [0.3, 0.4) is 0 Å². The molecule has 1 heterocycles. The van der Waals surface area contributed by atoms with Gasteiger partial charge < -0.3 is 10.8 Å². The zero-order valence-corrected chi connectivity index (χ0v) is 12.6. The lowest BCUT2D eigenvalue weighted by molar-refractivity contribution is 0.476. The van der Waals surface area contributed by atoms with Crippen molar-refractivity contribution < 1.29 is 5.11 Å². The Labute approximate surface area is 128 Å². The predicted molar refractivity (Wildman–Crippen MR) is 87.4 cm³/mol. The van der Waals surface area contributed by atoms with Crippen LogP contribution in [0, 0.1) is 6.92 Å². The van der Waals surface area contributed by atoms with E-state index in [1.165, 1.54) is 5.56 Å². The van der Waals surface area contributed by atoms with Gasteiger partial charge in [0.2, 0.25) is 0 Å². The summed E-state index contributed by atoms with van der Waals surface area (Å²) in [6.45, 7) is 4.08. The highest BCUT2D eigenvalue weighted by Crippen LogP contribution is 2.36. The first kappa shape index (κ1) is 14.1. The highest BCUT2D eigenvalue weighted by atomic mass is 16.3. The molecule has 1 aromatic heterocycles. The van der Waals surface area contributed by atoms with Crippen LogP contribution in [0.4, 0.5) is 5.69 Å². The van der Waals surface area contributed by atoms with Crippen LogP contribution < -0.4 is 5.73 Å². The molecular weight excluding hydrogens is 276 g/mol. The molecule has 22 heavy (non-hydrogen) atoms. The first-order valence-electron chi connectivity index (χ1n) is 7.20. The summed E-state index contributed by atoms with van der Waals surface area (Å²) in [6, 6.07) is 11.2. The van der Waals surface area contributed by atoms with Crippen molar-refractivity contribution in [2.45, 2.75) is 20.3 Å². The maximum absolute atomic E-state index is 10.3. The maximum atomic E-state index is 10.3. The summed E-state index contributed by atoms with van der Waals surface area (Å²) >= 11 is 0. The number of nitrogens with two attached hydrogens (primary N) is 1. The second-order valence-electron chi connectivity index (χ2n) is 5.31. The molecule has 0 bridgehead atoms. The Kier molecular flexibility index (Phi) is 3.55. The molecule has 5 nitrogen and oxygen atoms in total. The van der Waals surface area contributed by atoms with Crippen LogP contribution >= 0.6 is 0 Å². The number of hydrogen-bond donors (Lipinski definition) is 3. The van der Waals surface area contributed by atoms with E-state index in [0.717, 1.165) is 23.2 Å². The normalized spacial score (nSPS) is 10.8. The van der Waals surface area contributed by atoms with Crippen LogP contribution in [0.5, 0.6) is 5.75 Å². The van der Waals surface area contributed by atoms with E-state index in [1.807, 2.05) is 37.3 Å². The Bertz CT molecular complexity index is 806. The van der Waals surface area contributed by atoms with Crippen molar-refractivity contribution >= 4 is 5.69 Å². The van der Waals surface area contributed by atoms with Crippen LogP contribution in [-0.4, -0.2) is 20.5 Å². The van der Waals surface area contributed by atoms with Crippen LogP contribution in [0.15, 0.2) is 36.4 Å². The number of aromatic amines is 1. The van der Waals surface area contributed by atoms with Gasteiger partial charge in [0, 0.05) is 16.8 Å². The van der Waals surface area contributed by atoms with E-state index >= 15 is 0 Å². The highest BCUT2D eigenvalue weighted by Gasteiger charge is 2.16. The Morgan fingerprint density at radius 1 is 1.18 bits per heavy atom.